The number of carbonyl (C=O) groups excluding carboxylic acids is 1. The summed E-state index contributed by atoms with van der Waals surface area (Å²) in [6, 6.07) is 9.44. The van der Waals surface area contributed by atoms with Crippen LogP contribution in [0.4, 0.5) is 5.69 Å². The number of nitrogens with one attached hydrogen (secondary N) is 1. The van der Waals surface area contributed by atoms with Gasteiger partial charge in [-0.1, -0.05) is 6.92 Å². The maximum Gasteiger partial charge on any atom is 0.337 e. The van der Waals surface area contributed by atoms with Gasteiger partial charge in [-0.3, -0.25) is 0 Å². The summed E-state index contributed by atoms with van der Waals surface area (Å²) in [6.07, 6.45) is 2.58. The lowest BCUT2D eigenvalue weighted by molar-refractivity contribution is 0.0600. The summed E-state index contributed by atoms with van der Waals surface area (Å²) in [5.74, 6) is 0.585. The van der Waals surface area contributed by atoms with Crippen LogP contribution in [0.3, 0.4) is 0 Å². The number of benzene rings is 1. The third kappa shape index (κ3) is 3.02. The van der Waals surface area contributed by atoms with Crippen LogP contribution >= 0.6 is 0 Å². The molecule has 4 heteroatoms. The molecule has 0 spiro atoms. The number of ether oxygens (including phenoxy) is 1. The van der Waals surface area contributed by atoms with E-state index in [-0.39, 0.29) is 12.0 Å². The number of esters is 1. The summed E-state index contributed by atoms with van der Waals surface area (Å²) in [7, 11) is 1.38. The molecule has 0 amide bonds. The van der Waals surface area contributed by atoms with Crippen molar-refractivity contribution in [3.05, 3.63) is 53.5 Å². The highest BCUT2D eigenvalue weighted by atomic mass is 16.5. The quantitative estimate of drug-likeness (QED) is 0.838. The van der Waals surface area contributed by atoms with Crippen molar-refractivity contribution in [2.45, 2.75) is 26.3 Å². The Bertz CT molecular complexity index is 575. The fourth-order valence-electron chi connectivity index (χ4n) is 2.12. The van der Waals surface area contributed by atoms with Crippen LogP contribution in [0.2, 0.25) is 0 Å². The van der Waals surface area contributed by atoms with Gasteiger partial charge in [-0.25, -0.2) is 4.79 Å². The number of hydrogen-bond acceptors (Lipinski definition) is 4. The third-order valence-corrected chi connectivity index (χ3v) is 3.27. The zero-order valence-electron chi connectivity index (χ0n) is 12.0. The van der Waals surface area contributed by atoms with E-state index in [0.29, 0.717) is 5.56 Å². The molecule has 1 aromatic heterocycles. The number of rotatable bonds is 5. The van der Waals surface area contributed by atoms with Crippen molar-refractivity contribution >= 4 is 11.7 Å². The number of aryl methyl sites for hydroxylation is 1. The van der Waals surface area contributed by atoms with Crippen LogP contribution in [0.5, 0.6) is 0 Å². The van der Waals surface area contributed by atoms with Crippen LogP contribution in [-0.4, -0.2) is 13.1 Å². The highest BCUT2D eigenvalue weighted by molar-refractivity contribution is 5.90. The van der Waals surface area contributed by atoms with Gasteiger partial charge in [0.15, 0.2) is 0 Å². The Labute approximate surface area is 118 Å². The average Bonchev–Trinajstić information content (AvgIpc) is 2.99. The van der Waals surface area contributed by atoms with Crippen molar-refractivity contribution in [1.82, 2.24) is 0 Å². The van der Waals surface area contributed by atoms with Crippen LogP contribution < -0.4 is 5.32 Å². The molecule has 0 bridgehead atoms. The Morgan fingerprint density at radius 3 is 2.75 bits per heavy atom. The van der Waals surface area contributed by atoms with E-state index < -0.39 is 0 Å². The van der Waals surface area contributed by atoms with Crippen LogP contribution in [0.1, 0.15) is 41.1 Å². The SMILES string of the molecule is CCC(Nc1ccc(C(=O)OC)cc1C)c1ccco1. The van der Waals surface area contributed by atoms with E-state index in [1.165, 1.54) is 7.11 Å². The molecule has 106 valence electrons. The van der Waals surface area contributed by atoms with Gasteiger partial charge in [-0.05, 0) is 49.2 Å². The molecule has 1 heterocycles. The van der Waals surface area contributed by atoms with Crippen molar-refractivity contribution < 1.29 is 13.9 Å². The lowest BCUT2D eigenvalue weighted by Gasteiger charge is -2.18. The molecule has 2 aromatic rings. The predicted molar refractivity (Wildman–Crippen MR) is 77.9 cm³/mol. The molecule has 0 saturated heterocycles. The molecule has 1 unspecified atom stereocenters. The van der Waals surface area contributed by atoms with Gasteiger partial charge in [-0.2, -0.15) is 0 Å². The highest BCUT2D eigenvalue weighted by Crippen LogP contribution is 2.25. The van der Waals surface area contributed by atoms with Gasteiger partial charge in [0.25, 0.3) is 0 Å². The van der Waals surface area contributed by atoms with E-state index in [9.17, 15) is 4.79 Å². The Balaban J connectivity index is 2.19. The van der Waals surface area contributed by atoms with Crippen molar-refractivity contribution in [2.75, 3.05) is 12.4 Å². The fourth-order valence-corrected chi connectivity index (χ4v) is 2.12. The van der Waals surface area contributed by atoms with Gasteiger partial charge in [-0.15, -0.1) is 0 Å². The summed E-state index contributed by atoms with van der Waals surface area (Å²) < 4.78 is 10.2. The number of anilines is 1. The first-order chi connectivity index (χ1) is 9.65. The van der Waals surface area contributed by atoms with E-state index >= 15 is 0 Å². The largest absolute Gasteiger partial charge is 0.467 e. The Morgan fingerprint density at radius 2 is 2.20 bits per heavy atom. The lowest BCUT2D eigenvalue weighted by Crippen LogP contribution is -2.10. The molecular weight excluding hydrogens is 254 g/mol. The third-order valence-electron chi connectivity index (χ3n) is 3.27. The second-order valence-electron chi connectivity index (χ2n) is 4.64. The molecule has 1 atom stereocenters. The average molecular weight is 273 g/mol. The van der Waals surface area contributed by atoms with Crippen LogP contribution in [0.25, 0.3) is 0 Å². The minimum Gasteiger partial charge on any atom is -0.467 e. The second-order valence-corrected chi connectivity index (χ2v) is 4.64. The van der Waals surface area contributed by atoms with E-state index in [1.807, 2.05) is 31.2 Å². The molecule has 0 aliphatic rings. The first-order valence-electron chi connectivity index (χ1n) is 6.64. The molecule has 20 heavy (non-hydrogen) atoms. The van der Waals surface area contributed by atoms with Gasteiger partial charge >= 0.3 is 5.97 Å². The van der Waals surface area contributed by atoms with Crippen molar-refractivity contribution in [2.24, 2.45) is 0 Å². The van der Waals surface area contributed by atoms with Gasteiger partial charge in [0.1, 0.15) is 5.76 Å². The topological polar surface area (TPSA) is 51.5 Å². The maximum absolute atomic E-state index is 11.5. The monoisotopic (exact) mass is 273 g/mol. The summed E-state index contributed by atoms with van der Waals surface area (Å²) in [5, 5.41) is 3.44. The van der Waals surface area contributed by atoms with E-state index in [2.05, 4.69) is 12.2 Å². The normalized spacial score (nSPS) is 11.9. The summed E-state index contributed by atoms with van der Waals surface area (Å²) in [6.45, 7) is 4.06. The van der Waals surface area contributed by atoms with Gasteiger partial charge in [0.05, 0.1) is 25.0 Å². The van der Waals surface area contributed by atoms with E-state index in [0.717, 1.165) is 23.4 Å². The van der Waals surface area contributed by atoms with Crippen LogP contribution in [0, 0.1) is 6.92 Å². The summed E-state index contributed by atoms with van der Waals surface area (Å²) in [5.41, 5.74) is 2.54. The summed E-state index contributed by atoms with van der Waals surface area (Å²) >= 11 is 0. The van der Waals surface area contributed by atoms with Crippen molar-refractivity contribution in [3.63, 3.8) is 0 Å². The van der Waals surface area contributed by atoms with Gasteiger partial charge in [0, 0.05) is 5.69 Å². The predicted octanol–water partition coefficient (Wildman–Crippen LogP) is 3.94. The zero-order valence-corrected chi connectivity index (χ0v) is 12.0. The summed E-state index contributed by atoms with van der Waals surface area (Å²) in [4.78, 5) is 11.5. The van der Waals surface area contributed by atoms with E-state index in [4.69, 9.17) is 9.15 Å². The number of carbonyl (C=O) groups is 1. The zero-order chi connectivity index (χ0) is 14.5. The minimum absolute atomic E-state index is 0.118. The standard InChI is InChI=1S/C16H19NO3/c1-4-13(15-6-5-9-20-15)17-14-8-7-12(10-11(14)2)16(18)19-3/h5-10,13,17H,4H2,1-3H3. The first-order valence-corrected chi connectivity index (χ1v) is 6.64. The molecule has 0 aliphatic carbocycles. The molecule has 0 aliphatic heterocycles. The Morgan fingerprint density at radius 1 is 1.40 bits per heavy atom. The molecule has 4 nitrogen and oxygen atoms in total. The van der Waals surface area contributed by atoms with Crippen LogP contribution in [0.15, 0.2) is 41.0 Å². The minimum atomic E-state index is -0.322. The molecular formula is C16H19NO3. The van der Waals surface area contributed by atoms with Crippen molar-refractivity contribution in [1.29, 1.82) is 0 Å². The second kappa shape index (κ2) is 6.28. The first kappa shape index (κ1) is 14.2. The van der Waals surface area contributed by atoms with E-state index in [1.54, 1.807) is 12.3 Å². The van der Waals surface area contributed by atoms with Gasteiger partial charge < -0.3 is 14.5 Å². The lowest BCUT2D eigenvalue weighted by atomic mass is 10.1. The van der Waals surface area contributed by atoms with Crippen molar-refractivity contribution in [3.8, 4) is 0 Å². The highest BCUT2D eigenvalue weighted by Gasteiger charge is 2.14. The van der Waals surface area contributed by atoms with Crippen LogP contribution in [-0.2, 0) is 4.74 Å². The van der Waals surface area contributed by atoms with Gasteiger partial charge in [0.2, 0.25) is 0 Å². The number of hydrogen-bond donors (Lipinski definition) is 1. The molecule has 1 N–H and O–H groups in total. The molecule has 0 fully saturated rings. The molecule has 2 rings (SSSR count). The number of furan rings is 1. The fraction of sp³-hybridized carbons (Fsp3) is 0.312. The Hall–Kier alpha value is -2.23. The number of methoxy groups -OCH3 is 1. The molecule has 1 aromatic carbocycles. The molecule has 0 radical (unpaired) electrons. The maximum atomic E-state index is 11.5. The smallest absolute Gasteiger partial charge is 0.337 e. The molecule has 0 saturated carbocycles. The Kier molecular flexibility index (Phi) is 4.45.